The molecule has 0 radical (unpaired) electrons. The minimum atomic E-state index is -0.824. The molecular formula is C13H19NO3. The highest BCUT2D eigenvalue weighted by molar-refractivity contribution is 5.69. The number of rotatable bonds is 5. The number of hydrogen-bond donors (Lipinski definition) is 1. The molecule has 0 aliphatic carbocycles. The summed E-state index contributed by atoms with van der Waals surface area (Å²) in [4.78, 5) is 12.3. The lowest BCUT2D eigenvalue weighted by atomic mass is 10.0. The van der Waals surface area contributed by atoms with Crippen molar-refractivity contribution in [3.8, 4) is 5.75 Å². The molecule has 1 rings (SSSR count). The summed E-state index contributed by atoms with van der Waals surface area (Å²) in [5.74, 6) is -0.0133. The third-order valence-corrected chi connectivity index (χ3v) is 2.74. The van der Waals surface area contributed by atoms with Crippen LogP contribution in [0, 0.1) is 13.8 Å². The van der Waals surface area contributed by atoms with E-state index in [0.717, 1.165) is 11.3 Å². The maximum atomic E-state index is 10.6. The van der Waals surface area contributed by atoms with Crippen LogP contribution in [0.5, 0.6) is 5.75 Å². The van der Waals surface area contributed by atoms with Crippen molar-refractivity contribution in [3.05, 3.63) is 28.8 Å². The van der Waals surface area contributed by atoms with E-state index in [1.165, 1.54) is 11.1 Å². The van der Waals surface area contributed by atoms with Gasteiger partial charge in [-0.2, -0.15) is 0 Å². The van der Waals surface area contributed by atoms with Gasteiger partial charge in [0.1, 0.15) is 5.75 Å². The van der Waals surface area contributed by atoms with E-state index >= 15 is 0 Å². The maximum Gasteiger partial charge on any atom is 0.317 e. The topological polar surface area (TPSA) is 49.8 Å². The van der Waals surface area contributed by atoms with Crippen LogP contribution >= 0.6 is 0 Å². The van der Waals surface area contributed by atoms with Gasteiger partial charge in [-0.25, -0.2) is 0 Å². The fourth-order valence-electron chi connectivity index (χ4n) is 1.74. The van der Waals surface area contributed by atoms with E-state index in [-0.39, 0.29) is 6.54 Å². The van der Waals surface area contributed by atoms with E-state index in [1.54, 1.807) is 19.1 Å². The summed E-state index contributed by atoms with van der Waals surface area (Å²) in [6, 6.07) is 4.03. The van der Waals surface area contributed by atoms with E-state index < -0.39 is 5.97 Å². The largest absolute Gasteiger partial charge is 0.496 e. The minimum absolute atomic E-state index is 0.0239. The fourth-order valence-corrected chi connectivity index (χ4v) is 1.74. The molecule has 0 saturated carbocycles. The molecule has 0 heterocycles. The lowest BCUT2D eigenvalue weighted by Gasteiger charge is -2.17. The van der Waals surface area contributed by atoms with Crippen LogP contribution in [0.4, 0.5) is 0 Å². The van der Waals surface area contributed by atoms with Gasteiger partial charge in [-0.3, -0.25) is 9.69 Å². The Morgan fingerprint density at radius 3 is 2.47 bits per heavy atom. The minimum Gasteiger partial charge on any atom is -0.496 e. The summed E-state index contributed by atoms with van der Waals surface area (Å²) in [6.45, 7) is 4.66. The predicted molar refractivity (Wildman–Crippen MR) is 66.4 cm³/mol. The van der Waals surface area contributed by atoms with Crippen molar-refractivity contribution in [3.63, 3.8) is 0 Å². The molecule has 4 heteroatoms. The van der Waals surface area contributed by atoms with E-state index in [2.05, 4.69) is 0 Å². The first kappa shape index (κ1) is 13.5. The predicted octanol–water partition coefficient (Wildman–Crippen LogP) is 1.83. The molecule has 0 fully saturated rings. The molecule has 0 aliphatic rings. The molecule has 0 atom stereocenters. The molecule has 0 spiro atoms. The first-order valence-electron chi connectivity index (χ1n) is 5.48. The number of carboxylic acid groups (broad SMARTS) is 1. The normalized spacial score (nSPS) is 10.6. The lowest BCUT2D eigenvalue weighted by Crippen LogP contribution is -2.25. The number of hydrogen-bond acceptors (Lipinski definition) is 3. The number of benzene rings is 1. The van der Waals surface area contributed by atoms with Gasteiger partial charge in [-0.1, -0.05) is 6.07 Å². The monoisotopic (exact) mass is 237 g/mol. The maximum absolute atomic E-state index is 10.6. The van der Waals surface area contributed by atoms with Gasteiger partial charge < -0.3 is 9.84 Å². The Morgan fingerprint density at radius 2 is 1.94 bits per heavy atom. The summed E-state index contributed by atoms with van der Waals surface area (Å²) in [5, 5.41) is 8.71. The van der Waals surface area contributed by atoms with Crippen LogP contribution in [-0.4, -0.2) is 36.7 Å². The summed E-state index contributed by atoms with van der Waals surface area (Å²) in [7, 11) is 3.41. The Hall–Kier alpha value is -1.55. The molecule has 94 valence electrons. The van der Waals surface area contributed by atoms with Crippen LogP contribution in [0.2, 0.25) is 0 Å². The second-order valence-corrected chi connectivity index (χ2v) is 4.31. The highest BCUT2D eigenvalue weighted by Gasteiger charge is 2.10. The van der Waals surface area contributed by atoms with Gasteiger partial charge in [0, 0.05) is 12.1 Å². The molecule has 0 unspecified atom stereocenters. The van der Waals surface area contributed by atoms with Crippen molar-refractivity contribution in [2.45, 2.75) is 20.4 Å². The van der Waals surface area contributed by atoms with Crippen LogP contribution in [0.25, 0.3) is 0 Å². The van der Waals surface area contributed by atoms with Gasteiger partial charge >= 0.3 is 5.97 Å². The molecule has 1 aromatic carbocycles. The van der Waals surface area contributed by atoms with Crippen molar-refractivity contribution in [2.24, 2.45) is 0 Å². The van der Waals surface area contributed by atoms with Gasteiger partial charge in [0.25, 0.3) is 0 Å². The Kier molecular flexibility index (Phi) is 4.52. The molecule has 17 heavy (non-hydrogen) atoms. The van der Waals surface area contributed by atoms with Crippen LogP contribution in [0.3, 0.4) is 0 Å². The zero-order valence-corrected chi connectivity index (χ0v) is 10.8. The van der Waals surface area contributed by atoms with Gasteiger partial charge in [-0.15, -0.1) is 0 Å². The summed E-state index contributed by atoms with van der Waals surface area (Å²) in [6.07, 6.45) is 0. The quantitative estimate of drug-likeness (QED) is 0.848. The number of nitrogens with zero attached hydrogens (tertiary/aromatic N) is 1. The number of ether oxygens (including phenoxy) is 1. The van der Waals surface area contributed by atoms with E-state index in [0.29, 0.717) is 6.54 Å². The van der Waals surface area contributed by atoms with Crippen molar-refractivity contribution in [2.75, 3.05) is 20.7 Å². The Balaban J connectivity index is 2.89. The van der Waals surface area contributed by atoms with E-state index in [1.807, 2.05) is 26.0 Å². The lowest BCUT2D eigenvalue weighted by molar-refractivity contribution is -0.138. The third kappa shape index (κ3) is 3.75. The molecular weight excluding hydrogens is 218 g/mol. The number of aryl methyl sites for hydroxylation is 2. The second kappa shape index (κ2) is 5.68. The van der Waals surface area contributed by atoms with Gasteiger partial charge in [0.05, 0.1) is 13.7 Å². The van der Waals surface area contributed by atoms with Crippen LogP contribution < -0.4 is 4.74 Å². The number of likely N-dealkylation sites (N-methyl/N-ethyl adjacent to an activating group) is 1. The van der Waals surface area contributed by atoms with Gasteiger partial charge in [0.15, 0.2) is 0 Å². The van der Waals surface area contributed by atoms with Gasteiger partial charge in [-0.05, 0) is 38.1 Å². The van der Waals surface area contributed by atoms with Crippen molar-refractivity contribution >= 4 is 5.97 Å². The highest BCUT2D eigenvalue weighted by atomic mass is 16.5. The summed E-state index contributed by atoms with van der Waals surface area (Å²) < 4.78 is 5.31. The summed E-state index contributed by atoms with van der Waals surface area (Å²) >= 11 is 0. The molecule has 0 aliphatic heterocycles. The first-order valence-corrected chi connectivity index (χ1v) is 5.48. The first-order chi connectivity index (χ1) is 7.93. The average Bonchev–Trinajstić information content (AvgIpc) is 2.21. The zero-order valence-electron chi connectivity index (χ0n) is 10.8. The van der Waals surface area contributed by atoms with Crippen molar-refractivity contribution in [1.29, 1.82) is 0 Å². The number of carboxylic acids is 1. The Labute approximate surface area is 102 Å². The molecule has 0 bridgehead atoms. The van der Waals surface area contributed by atoms with Crippen LogP contribution in [-0.2, 0) is 11.3 Å². The molecule has 1 N–H and O–H groups in total. The Bertz CT molecular complexity index is 415. The second-order valence-electron chi connectivity index (χ2n) is 4.31. The van der Waals surface area contributed by atoms with Crippen LogP contribution in [0.1, 0.15) is 16.7 Å². The highest BCUT2D eigenvalue weighted by Crippen LogP contribution is 2.24. The average molecular weight is 237 g/mol. The number of methoxy groups -OCH3 is 1. The SMILES string of the molecule is COc1cc(C)c(C)cc1CN(C)CC(=O)O. The molecule has 0 saturated heterocycles. The molecule has 1 aromatic rings. The van der Waals surface area contributed by atoms with Crippen LogP contribution in [0.15, 0.2) is 12.1 Å². The van der Waals surface area contributed by atoms with E-state index in [9.17, 15) is 4.79 Å². The third-order valence-electron chi connectivity index (χ3n) is 2.74. The standard InChI is InChI=1S/C13H19NO3/c1-9-5-11(7-14(3)8-13(15)16)12(17-4)6-10(9)2/h5-6H,7-8H2,1-4H3,(H,15,16). The van der Waals surface area contributed by atoms with Crippen molar-refractivity contribution in [1.82, 2.24) is 4.90 Å². The molecule has 0 amide bonds. The Morgan fingerprint density at radius 1 is 1.35 bits per heavy atom. The number of carbonyl (C=O) groups is 1. The van der Waals surface area contributed by atoms with Gasteiger partial charge in [0.2, 0.25) is 0 Å². The number of aliphatic carboxylic acids is 1. The molecule has 4 nitrogen and oxygen atoms in total. The summed E-state index contributed by atoms with van der Waals surface area (Å²) in [5.41, 5.74) is 3.37. The smallest absolute Gasteiger partial charge is 0.317 e. The fraction of sp³-hybridized carbons (Fsp3) is 0.462. The molecule has 0 aromatic heterocycles. The zero-order chi connectivity index (χ0) is 13.0. The van der Waals surface area contributed by atoms with Crippen molar-refractivity contribution < 1.29 is 14.6 Å². The van der Waals surface area contributed by atoms with E-state index in [4.69, 9.17) is 9.84 Å².